The van der Waals surface area contributed by atoms with Gasteiger partial charge in [0.15, 0.2) is 9.84 Å². The highest BCUT2D eigenvalue weighted by molar-refractivity contribution is 7.94. The molecule has 0 saturated carbocycles. The summed E-state index contributed by atoms with van der Waals surface area (Å²) < 4.78 is 29.1. The molecular weight excluding hydrogens is 312 g/mol. The zero-order valence-corrected chi connectivity index (χ0v) is 12.8. The highest BCUT2D eigenvalue weighted by atomic mass is 32.2. The van der Waals surface area contributed by atoms with E-state index in [-0.39, 0.29) is 4.21 Å². The number of nitrogens with one attached hydrogen (secondary N) is 1. The van der Waals surface area contributed by atoms with Crippen molar-refractivity contribution in [2.24, 2.45) is 0 Å². The number of ether oxygens (including phenoxy) is 1. The number of carbonyl (C=O) groups excluding carboxylic acids is 1. The van der Waals surface area contributed by atoms with Gasteiger partial charge in [0.05, 0.1) is 18.5 Å². The number of benzene rings is 1. The number of thiophene rings is 1. The first-order valence-corrected chi connectivity index (χ1v) is 8.45. The van der Waals surface area contributed by atoms with Crippen LogP contribution >= 0.6 is 11.3 Å². The van der Waals surface area contributed by atoms with Crippen molar-refractivity contribution in [3.8, 4) is 5.75 Å². The number of anilines is 2. The maximum atomic E-state index is 12.0. The van der Waals surface area contributed by atoms with Crippen molar-refractivity contribution in [2.75, 3.05) is 23.9 Å². The van der Waals surface area contributed by atoms with Crippen molar-refractivity contribution in [1.29, 1.82) is 0 Å². The van der Waals surface area contributed by atoms with Gasteiger partial charge in [-0.25, -0.2) is 8.42 Å². The van der Waals surface area contributed by atoms with Crippen molar-refractivity contribution in [3.05, 3.63) is 35.7 Å². The van der Waals surface area contributed by atoms with Gasteiger partial charge in [-0.05, 0) is 23.6 Å². The van der Waals surface area contributed by atoms with Gasteiger partial charge < -0.3 is 15.8 Å². The lowest BCUT2D eigenvalue weighted by molar-refractivity contribution is -0.113. The molecule has 0 atom stereocenters. The third-order valence-corrected chi connectivity index (χ3v) is 5.76. The summed E-state index contributed by atoms with van der Waals surface area (Å²) in [5.74, 6) is -0.712. The first kappa shape index (κ1) is 15.3. The topological polar surface area (TPSA) is 98.5 Å². The van der Waals surface area contributed by atoms with E-state index >= 15 is 0 Å². The largest absolute Gasteiger partial charge is 0.497 e. The number of rotatable bonds is 5. The molecule has 0 unspecified atom stereocenters. The van der Waals surface area contributed by atoms with Crippen LogP contribution in [0.4, 0.5) is 11.4 Å². The van der Waals surface area contributed by atoms with E-state index in [1.807, 2.05) is 0 Å². The van der Waals surface area contributed by atoms with Crippen LogP contribution in [-0.2, 0) is 14.6 Å². The molecule has 2 aromatic rings. The van der Waals surface area contributed by atoms with Crippen molar-refractivity contribution in [3.63, 3.8) is 0 Å². The number of amides is 1. The zero-order valence-electron chi connectivity index (χ0n) is 11.2. The number of hydrogen-bond donors (Lipinski definition) is 2. The molecule has 1 heterocycles. The molecule has 21 heavy (non-hydrogen) atoms. The fourth-order valence-electron chi connectivity index (χ4n) is 1.65. The SMILES string of the molecule is COc1ccc(NC(=O)CS(=O)(=O)c2cccs2)c(N)c1. The molecule has 2 rings (SSSR count). The minimum atomic E-state index is -3.62. The van der Waals surface area contributed by atoms with Gasteiger partial charge in [0.1, 0.15) is 15.7 Å². The molecule has 1 aromatic carbocycles. The molecule has 0 radical (unpaired) electrons. The van der Waals surface area contributed by atoms with Gasteiger partial charge in [-0.3, -0.25) is 4.79 Å². The normalized spacial score (nSPS) is 11.1. The Morgan fingerprint density at radius 1 is 1.38 bits per heavy atom. The van der Waals surface area contributed by atoms with Gasteiger partial charge in [-0.1, -0.05) is 6.07 Å². The number of sulfone groups is 1. The molecule has 0 aliphatic carbocycles. The van der Waals surface area contributed by atoms with Crippen LogP contribution in [0.25, 0.3) is 0 Å². The second kappa shape index (κ2) is 6.15. The summed E-state index contributed by atoms with van der Waals surface area (Å²) in [5.41, 5.74) is 6.41. The Morgan fingerprint density at radius 3 is 2.71 bits per heavy atom. The van der Waals surface area contributed by atoms with Gasteiger partial charge >= 0.3 is 0 Å². The number of methoxy groups -OCH3 is 1. The van der Waals surface area contributed by atoms with E-state index < -0.39 is 21.5 Å². The molecule has 8 heteroatoms. The molecule has 0 aliphatic heterocycles. The lowest BCUT2D eigenvalue weighted by Crippen LogP contribution is -2.23. The van der Waals surface area contributed by atoms with E-state index in [2.05, 4.69) is 5.32 Å². The van der Waals surface area contributed by atoms with Crippen molar-refractivity contribution < 1.29 is 17.9 Å². The Labute approximate surface area is 126 Å². The van der Waals surface area contributed by atoms with E-state index in [0.29, 0.717) is 17.1 Å². The molecule has 0 aliphatic rings. The van der Waals surface area contributed by atoms with Gasteiger partial charge in [-0.2, -0.15) is 0 Å². The molecule has 0 fully saturated rings. The van der Waals surface area contributed by atoms with Crippen molar-refractivity contribution in [2.45, 2.75) is 4.21 Å². The van der Waals surface area contributed by atoms with Crippen LogP contribution in [0.1, 0.15) is 0 Å². The lowest BCUT2D eigenvalue weighted by atomic mass is 10.2. The maximum absolute atomic E-state index is 12.0. The van der Waals surface area contributed by atoms with Crippen LogP contribution in [0, 0.1) is 0 Å². The predicted molar refractivity (Wildman–Crippen MR) is 82.4 cm³/mol. The molecule has 0 spiro atoms. The van der Waals surface area contributed by atoms with Gasteiger partial charge in [0.2, 0.25) is 5.91 Å². The lowest BCUT2D eigenvalue weighted by Gasteiger charge is -2.09. The highest BCUT2D eigenvalue weighted by Crippen LogP contribution is 2.24. The third kappa shape index (κ3) is 3.73. The molecule has 0 bridgehead atoms. The first-order chi connectivity index (χ1) is 9.92. The van der Waals surface area contributed by atoms with E-state index in [9.17, 15) is 13.2 Å². The summed E-state index contributed by atoms with van der Waals surface area (Å²) in [7, 11) is -2.12. The standard InChI is InChI=1S/C13H14N2O4S2/c1-19-9-4-5-11(10(14)7-9)15-12(16)8-21(17,18)13-3-2-6-20-13/h2-7H,8,14H2,1H3,(H,15,16). The molecule has 0 saturated heterocycles. The highest BCUT2D eigenvalue weighted by Gasteiger charge is 2.20. The summed E-state index contributed by atoms with van der Waals surface area (Å²) in [6, 6.07) is 7.82. The summed E-state index contributed by atoms with van der Waals surface area (Å²) >= 11 is 1.08. The number of hydrogen-bond acceptors (Lipinski definition) is 6. The summed E-state index contributed by atoms with van der Waals surface area (Å²) in [6.07, 6.45) is 0. The van der Waals surface area contributed by atoms with Crippen LogP contribution < -0.4 is 15.8 Å². The Hall–Kier alpha value is -2.06. The molecule has 1 aromatic heterocycles. The molecule has 112 valence electrons. The smallest absolute Gasteiger partial charge is 0.240 e. The van der Waals surface area contributed by atoms with E-state index in [0.717, 1.165) is 11.3 Å². The Bertz CT molecular complexity index is 740. The number of nitrogen functional groups attached to an aromatic ring is 1. The molecule has 1 amide bonds. The zero-order chi connectivity index (χ0) is 15.5. The number of nitrogens with two attached hydrogens (primary N) is 1. The van der Waals surface area contributed by atoms with E-state index in [1.54, 1.807) is 29.6 Å². The minimum Gasteiger partial charge on any atom is -0.497 e. The second-order valence-electron chi connectivity index (χ2n) is 4.19. The van der Waals surface area contributed by atoms with E-state index in [1.165, 1.54) is 13.2 Å². The van der Waals surface area contributed by atoms with Crippen LogP contribution in [-0.4, -0.2) is 27.2 Å². The Balaban J connectivity index is 2.09. The first-order valence-electron chi connectivity index (χ1n) is 5.92. The summed E-state index contributed by atoms with van der Waals surface area (Å²) in [6.45, 7) is 0. The molecule has 6 nitrogen and oxygen atoms in total. The van der Waals surface area contributed by atoms with Gasteiger partial charge in [-0.15, -0.1) is 11.3 Å². The van der Waals surface area contributed by atoms with Gasteiger partial charge in [0.25, 0.3) is 0 Å². The molecule has 3 N–H and O–H groups in total. The summed E-state index contributed by atoms with van der Waals surface area (Å²) in [5, 5.41) is 4.13. The van der Waals surface area contributed by atoms with Crippen LogP contribution in [0.3, 0.4) is 0 Å². The fraction of sp³-hybridized carbons (Fsp3) is 0.154. The van der Waals surface area contributed by atoms with Crippen LogP contribution in [0.15, 0.2) is 39.9 Å². The monoisotopic (exact) mass is 326 g/mol. The number of carbonyl (C=O) groups is 1. The quantitative estimate of drug-likeness (QED) is 0.816. The maximum Gasteiger partial charge on any atom is 0.240 e. The van der Waals surface area contributed by atoms with E-state index in [4.69, 9.17) is 10.5 Å². The average molecular weight is 326 g/mol. The third-order valence-electron chi connectivity index (χ3n) is 2.66. The average Bonchev–Trinajstić information content (AvgIpc) is 2.95. The minimum absolute atomic E-state index is 0.167. The van der Waals surface area contributed by atoms with Crippen molar-refractivity contribution in [1.82, 2.24) is 0 Å². The molecular formula is C13H14N2O4S2. The Morgan fingerprint density at radius 2 is 2.14 bits per heavy atom. The Kier molecular flexibility index (Phi) is 4.49. The fourth-order valence-corrected chi connectivity index (χ4v) is 3.88. The summed E-state index contributed by atoms with van der Waals surface area (Å²) in [4.78, 5) is 11.9. The predicted octanol–water partition coefficient (Wildman–Crippen LogP) is 1.75. The van der Waals surface area contributed by atoms with Crippen LogP contribution in [0.2, 0.25) is 0 Å². The van der Waals surface area contributed by atoms with Crippen LogP contribution in [0.5, 0.6) is 5.75 Å². The second-order valence-corrected chi connectivity index (χ2v) is 7.36. The van der Waals surface area contributed by atoms with Crippen molar-refractivity contribution >= 4 is 38.5 Å². The van der Waals surface area contributed by atoms with Gasteiger partial charge in [0, 0.05) is 6.07 Å².